The van der Waals surface area contributed by atoms with Crippen molar-refractivity contribution in [1.29, 1.82) is 0 Å². The fourth-order valence-electron chi connectivity index (χ4n) is 2.55. The molecule has 0 aromatic carbocycles. The number of hydrogen-bond donors (Lipinski definition) is 1. The van der Waals surface area contributed by atoms with Crippen LogP contribution < -0.4 is 10.1 Å². The van der Waals surface area contributed by atoms with Crippen LogP contribution in [0.4, 0.5) is 0 Å². The van der Waals surface area contributed by atoms with E-state index < -0.39 is 0 Å². The first-order valence-corrected chi connectivity index (χ1v) is 7.97. The van der Waals surface area contributed by atoms with Gasteiger partial charge in [0.05, 0.1) is 5.69 Å². The van der Waals surface area contributed by atoms with E-state index >= 15 is 0 Å². The molecule has 1 aromatic heterocycles. The van der Waals surface area contributed by atoms with Crippen molar-refractivity contribution in [1.82, 2.24) is 15.2 Å². The number of pyridine rings is 1. The zero-order valence-corrected chi connectivity index (χ0v) is 13.9. The van der Waals surface area contributed by atoms with Crippen LogP contribution in [-0.2, 0) is 6.54 Å². The highest BCUT2D eigenvalue weighted by Gasteiger charge is 2.19. The van der Waals surface area contributed by atoms with Gasteiger partial charge >= 0.3 is 0 Å². The lowest BCUT2D eigenvalue weighted by Crippen LogP contribution is -2.40. The van der Waals surface area contributed by atoms with Crippen LogP contribution in [0.3, 0.4) is 0 Å². The Labute approximate surface area is 128 Å². The number of nitrogens with one attached hydrogen (secondary N) is 1. The van der Waals surface area contributed by atoms with Gasteiger partial charge in [-0.05, 0) is 53.3 Å². The van der Waals surface area contributed by atoms with Crippen LogP contribution in [0.5, 0.6) is 5.75 Å². The number of nitrogens with zero attached hydrogens (tertiary/aromatic N) is 2. The summed E-state index contributed by atoms with van der Waals surface area (Å²) < 4.78 is 5.98. The van der Waals surface area contributed by atoms with E-state index in [1.165, 1.54) is 25.8 Å². The molecule has 1 fully saturated rings. The Hall–Kier alpha value is -1.13. The third-order valence-corrected chi connectivity index (χ3v) is 3.95. The van der Waals surface area contributed by atoms with Gasteiger partial charge < -0.3 is 15.0 Å². The molecule has 1 saturated heterocycles. The third-order valence-electron chi connectivity index (χ3n) is 3.95. The molecule has 4 nitrogen and oxygen atoms in total. The van der Waals surface area contributed by atoms with Crippen molar-refractivity contribution in [3.05, 3.63) is 24.0 Å². The summed E-state index contributed by atoms with van der Waals surface area (Å²) in [6, 6.07) is 4.54. The van der Waals surface area contributed by atoms with Gasteiger partial charge in [0.2, 0.25) is 0 Å². The maximum Gasteiger partial charge on any atom is 0.122 e. The van der Waals surface area contributed by atoms with Gasteiger partial charge in [-0.3, -0.25) is 4.98 Å². The molecule has 1 unspecified atom stereocenters. The molecule has 1 aromatic rings. The minimum Gasteiger partial charge on any atom is -0.492 e. The Balaban J connectivity index is 1.85. The number of ether oxygens (including phenoxy) is 1. The van der Waals surface area contributed by atoms with E-state index in [-0.39, 0.29) is 5.54 Å². The van der Waals surface area contributed by atoms with Crippen LogP contribution in [0.25, 0.3) is 0 Å². The van der Waals surface area contributed by atoms with Crippen molar-refractivity contribution in [2.24, 2.45) is 0 Å². The molecule has 118 valence electrons. The van der Waals surface area contributed by atoms with Gasteiger partial charge in [-0.15, -0.1) is 0 Å². The van der Waals surface area contributed by atoms with Crippen molar-refractivity contribution < 1.29 is 4.74 Å². The highest BCUT2D eigenvalue weighted by molar-refractivity contribution is 5.22. The molecule has 2 heterocycles. The van der Waals surface area contributed by atoms with Gasteiger partial charge in [-0.25, -0.2) is 0 Å². The Morgan fingerprint density at radius 2 is 2.19 bits per heavy atom. The average Bonchev–Trinajstić information content (AvgIpc) is 2.44. The summed E-state index contributed by atoms with van der Waals surface area (Å²) in [4.78, 5) is 6.81. The number of piperidine rings is 1. The molecule has 0 aliphatic carbocycles. The minimum atomic E-state index is 0.101. The van der Waals surface area contributed by atoms with Gasteiger partial charge in [0, 0.05) is 30.4 Å². The molecular weight excluding hydrogens is 262 g/mol. The lowest BCUT2D eigenvalue weighted by atomic mass is 10.0. The van der Waals surface area contributed by atoms with E-state index in [1.54, 1.807) is 0 Å². The average molecular weight is 291 g/mol. The van der Waals surface area contributed by atoms with E-state index in [4.69, 9.17) is 4.74 Å². The quantitative estimate of drug-likeness (QED) is 0.905. The zero-order valence-electron chi connectivity index (χ0n) is 13.9. The van der Waals surface area contributed by atoms with E-state index in [0.717, 1.165) is 24.6 Å². The Morgan fingerprint density at radius 3 is 2.90 bits per heavy atom. The van der Waals surface area contributed by atoms with Gasteiger partial charge in [0.25, 0.3) is 0 Å². The van der Waals surface area contributed by atoms with Gasteiger partial charge in [-0.2, -0.15) is 0 Å². The van der Waals surface area contributed by atoms with Crippen LogP contribution in [0, 0.1) is 0 Å². The van der Waals surface area contributed by atoms with E-state index in [0.29, 0.717) is 6.04 Å². The van der Waals surface area contributed by atoms with Gasteiger partial charge in [-0.1, -0.05) is 6.42 Å². The second-order valence-electron chi connectivity index (χ2n) is 7.03. The van der Waals surface area contributed by atoms with Gasteiger partial charge in [0.1, 0.15) is 12.4 Å². The van der Waals surface area contributed by atoms with E-state index in [9.17, 15) is 0 Å². The predicted octanol–water partition coefficient (Wildman–Crippen LogP) is 2.83. The fourth-order valence-corrected chi connectivity index (χ4v) is 2.55. The summed E-state index contributed by atoms with van der Waals surface area (Å²) >= 11 is 0. The highest BCUT2D eigenvalue weighted by Crippen LogP contribution is 2.18. The van der Waals surface area contributed by atoms with Crippen LogP contribution in [-0.4, -0.2) is 41.7 Å². The van der Waals surface area contributed by atoms with Crippen LogP contribution in [0.2, 0.25) is 0 Å². The van der Waals surface area contributed by atoms with Crippen molar-refractivity contribution in [2.75, 3.05) is 20.2 Å². The lowest BCUT2D eigenvalue weighted by molar-refractivity contribution is 0.125. The van der Waals surface area contributed by atoms with Crippen molar-refractivity contribution in [3.8, 4) is 5.75 Å². The monoisotopic (exact) mass is 291 g/mol. The first kappa shape index (κ1) is 16.2. The first-order chi connectivity index (χ1) is 9.94. The van der Waals surface area contributed by atoms with Crippen molar-refractivity contribution in [2.45, 2.75) is 58.2 Å². The molecule has 1 N–H and O–H groups in total. The maximum absolute atomic E-state index is 5.98. The summed E-state index contributed by atoms with van der Waals surface area (Å²) in [6.07, 6.45) is 5.69. The van der Waals surface area contributed by atoms with Gasteiger partial charge in [0.15, 0.2) is 0 Å². The molecule has 0 amide bonds. The summed E-state index contributed by atoms with van der Waals surface area (Å²) in [5.41, 5.74) is 1.13. The number of hydrogen-bond acceptors (Lipinski definition) is 4. The molecule has 0 bridgehead atoms. The number of aromatic nitrogens is 1. The summed E-state index contributed by atoms with van der Waals surface area (Å²) in [5.74, 6) is 0.926. The molecule has 1 aliphatic rings. The van der Waals surface area contributed by atoms with E-state index in [1.807, 2.05) is 18.3 Å². The van der Waals surface area contributed by atoms with Crippen molar-refractivity contribution in [3.63, 3.8) is 0 Å². The Morgan fingerprint density at radius 1 is 1.38 bits per heavy atom. The largest absolute Gasteiger partial charge is 0.492 e. The Kier molecular flexibility index (Phi) is 5.59. The maximum atomic E-state index is 5.98. The smallest absolute Gasteiger partial charge is 0.122 e. The first-order valence-electron chi connectivity index (χ1n) is 7.97. The number of likely N-dealkylation sites (N-methyl/N-ethyl adjacent to an activating group) is 1. The second kappa shape index (κ2) is 7.23. The fraction of sp³-hybridized carbons (Fsp3) is 0.706. The lowest BCUT2D eigenvalue weighted by Gasteiger charge is -2.32. The molecule has 1 aliphatic heterocycles. The SMILES string of the molecule is CN1CCCCC1COc1ccnc(CNC(C)(C)C)c1. The minimum absolute atomic E-state index is 0.101. The summed E-state index contributed by atoms with van der Waals surface area (Å²) in [7, 11) is 2.19. The number of rotatable bonds is 5. The molecule has 0 saturated carbocycles. The van der Waals surface area contributed by atoms with Crippen LogP contribution >= 0.6 is 0 Å². The molecule has 1 atom stereocenters. The molecule has 0 radical (unpaired) electrons. The molecule has 21 heavy (non-hydrogen) atoms. The molecule has 0 spiro atoms. The van der Waals surface area contributed by atoms with Crippen molar-refractivity contribution >= 4 is 0 Å². The second-order valence-corrected chi connectivity index (χ2v) is 7.03. The predicted molar refractivity (Wildman–Crippen MR) is 86.6 cm³/mol. The molecule has 4 heteroatoms. The summed E-state index contributed by atoms with van der Waals surface area (Å²) in [5, 5.41) is 3.45. The summed E-state index contributed by atoms with van der Waals surface area (Å²) in [6.45, 7) is 9.20. The normalized spacial score (nSPS) is 20.5. The zero-order chi connectivity index (χ0) is 15.3. The molecule has 2 rings (SSSR count). The number of likely N-dealkylation sites (tertiary alicyclic amines) is 1. The standard InChI is InChI=1S/C17H29N3O/c1-17(2,3)19-12-14-11-16(8-9-18-14)21-13-15-7-5-6-10-20(15)4/h8-9,11,15,19H,5-7,10,12-13H2,1-4H3. The highest BCUT2D eigenvalue weighted by atomic mass is 16.5. The molecular formula is C17H29N3O. The topological polar surface area (TPSA) is 37.4 Å². The Bertz CT molecular complexity index is 442. The van der Waals surface area contributed by atoms with Crippen LogP contribution in [0.1, 0.15) is 45.7 Å². The third kappa shape index (κ3) is 5.64. The van der Waals surface area contributed by atoms with E-state index in [2.05, 4.69) is 43.0 Å². The van der Waals surface area contributed by atoms with Crippen LogP contribution in [0.15, 0.2) is 18.3 Å².